The van der Waals surface area contributed by atoms with Crippen LogP contribution >= 0.6 is 0 Å². The number of methoxy groups -OCH3 is 1. The highest BCUT2D eigenvalue weighted by Gasteiger charge is 2.37. The Morgan fingerprint density at radius 2 is 1.55 bits per heavy atom. The number of sulfone groups is 2. The monoisotopic (exact) mass is 582 g/mol. The molecule has 3 heterocycles. The van der Waals surface area contributed by atoms with Crippen LogP contribution in [0.2, 0.25) is 0 Å². The quantitative estimate of drug-likeness (QED) is 0.207. The molecule has 210 valence electrons. The Hall–Kier alpha value is -4.03. The number of nitrogens with zero attached hydrogens (tertiary/aromatic N) is 3. The number of nitrogens with one attached hydrogen (secondary N) is 1. The van der Waals surface area contributed by atoms with Crippen LogP contribution in [0.4, 0.5) is 0 Å². The highest BCUT2D eigenvalue weighted by atomic mass is 32.2. The summed E-state index contributed by atoms with van der Waals surface area (Å²) >= 11 is 0. The van der Waals surface area contributed by atoms with Crippen LogP contribution in [-0.2, 0) is 19.7 Å². The van der Waals surface area contributed by atoms with Crippen LogP contribution in [0.5, 0.6) is 5.75 Å². The molecule has 0 saturated carbocycles. The molecular formula is C28H30N4O6S2. The van der Waals surface area contributed by atoms with Crippen molar-refractivity contribution in [2.75, 3.05) is 18.6 Å². The number of pyridine rings is 2. The molecule has 40 heavy (non-hydrogen) atoms. The minimum atomic E-state index is -4.18. The first-order chi connectivity index (χ1) is 19.1. The van der Waals surface area contributed by atoms with Gasteiger partial charge in [-0.25, -0.2) is 22.3 Å². The van der Waals surface area contributed by atoms with Crippen LogP contribution in [0.3, 0.4) is 0 Å². The maximum atomic E-state index is 13.6. The summed E-state index contributed by atoms with van der Waals surface area (Å²) in [7, 11) is -6.73. The van der Waals surface area contributed by atoms with Gasteiger partial charge in [-0.15, -0.1) is 0 Å². The molecule has 0 aliphatic heterocycles. The Bertz CT molecular complexity index is 1760. The molecule has 12 heteroatoms. The second-order valence-corrected chi connectivity index (χ2v) is 13.1. The number of carbonyl (C=O) groups excluding carboxylic acids is 1. The molecule has 1 N–H and O–H groups in total. The number of ether oxygens (including phenoxy) is 1. The lowest BCUT2D eigenvalue weighted by atomic mass is 10.1. The van der Waals surface area contributed by atoms with Crippen molar-refractivity contribution >= 4 is 37.3 Å². The molecule has 0 aliphatic rings. The van der Waals surface area contributed by atoms with Crippen LogP contribution in [0.15, 0.2) is 82.0 Å². The van der Waals surface area contributed by atoms with E-state index < -0.39 is 30.5 Å². The minimum Gasteiger partial charge on any atom is -0.497 e. The van der Waals surface area contributed by atoms with Gasteiger partial charge in [0.2, 0.25) is 0 Å². The smallest absolute Gasteiger partial charge is 0.289 e. The van der Waals surface area contributed by atoms with E-state index in [1.165, 1.54) is 16.8 Å². The SMILES string of the molecule is CCCS(=O)(=O)c1c(S(=O)(=O)CCC)c2cc(-c3ccncc3)ccn2c1C(=O)N/N=C\c1ccc(OC)cc1. The zero-order valence-electron chi connectivity index (χ0n) is 22.4. The van der Waals surface area contributed by atoms with E-state index >= 15 is 0 Å². The van der Waals surface area contributed by atoms with Crippen molar-refractivity contribution in [3.05, 3.63) is 78.4 Å². The van der Waals surface area contributed by atoms with E-state index in [4.69, 9.17) is 4.74 Å². The summed E-state index contributed by atoms with van der Waals surface area (Å²) in [4.78, 5) is 16.7. The summed E-state index contributed by atoms with van der Waals surface area (Å²) < 4.78 is 60.8. The summed E-state index contributed by atoms with van der Waals surface area (Å²) in [5.41, 5.74) is 4.22. The molecule has 0 atom stereocenters. The summed E-state index contributed by atoms with van der Waals surface area (Å²) in [6.45, 7) is 3.37. The predicted molar refractivity (Wildman–Crippen MR) is 153 cm³/mol. The molecule has 0 fully saturated rings. The zero-order valence-corrected chi connectivity index (χ0v) is 24.0. The number of hydrazone groups is 1. The van der Waals surface area contributed by atoms with Gasteiger partial charge in [0, 0.05) is 18.6 Å². The van der Waals surface area contributed by atoms with E-state index in [9.17, 15) is 21.6 Å². The van der Waals surface area contributed by atoms with E-state index in [0.29, 0.717) is 16.9 Å². The minimum absolute atomic E-state index is 0.0988. The number of hydrogen-bond donors (Lipinski definition) is 1. The van der Waals surface area contributed by atoms with Gasteiger partial charge in [-0.05, 0) is 78.1 Å². The number of fused-ring (bicyclic) bond motifs is 1. The van der Waals surface area contributed by atoms with Crippen molar-refractivity contribution in [2.45, 2.75) is 36.5 Å². The van der Waals surface area contributed by atoms with Crippen LogP contribution in [0.1, 0.15) is 42.7 Å². The Morgan fingerprint density at radius 1 is 0.925 bits per heavy atom. The van der Waals surface area contributed by atoms with Crippen molar-refractivity contribution in [1.82, 2.24) is 14.8 Å². The highest BCUT2D eigenvalue weighted by molar-refractivity contribution is 7.94. The first-order valence-corrected chi connectivity index (χ1v) is 15.9. The Morgan fingerprint density at radius 3 is 2.15 bits per heavy atom. The molecule has 10 nitrogen and oxygen atoms in total. The molecule has 0 unspecified atom stereocenters. The highest BCUT2D eigenvalue weighted by Crippen LogP contribution is 2.36. The van der Waals surface area contributed by atoms with Gasteiger partial charge in [0.1, 0.15) is 21.2 Å². The molecular weight excluding hydrogens is 552 g/mol. The lowest BCUT2D eigenvalue weighted by Crippen LogP contribution is -2.23. The third-order valence-corrected chi connectivity index (χ3v) is 10.2. The second-order valence-electron chi connectivity index (χ2n) is 9.02. The average molecular weight is 583 g/mol. The maximum absolute atomic E-state index is 13.6. The van der Waals surface area contributed by atoms with E-state index in [2.05, 4.69) is 15.5 Å². The third-order valence-electron chi connectivity index (χ3n) is 6.14. The molecule has 0 radical (unpaired) electrons. The van der Waals surface area contributed by atoms with Gasteiger partial charge in [-0.3, -0.25) is 9.78 Å². The fourth-order valence-corrected chi connectivity index (χ4v) is 8.35. The van der Waals surface area contributed by atoms with Crippen molar-refractivity contribution in [2.24, 2.45) is 5.10 Å². The average Bonchev–Trinajstić information content (AvgIpc) is 3.30. The van der Waals surface area contributed by atoms with Crippen LogP contribution in [0, 0.1) is 0 Å². The lowest BCUT2D eigenvalue weighted by Gasteiger charge is -2.08. The van der Waals surface area contributed by atoms with Crippen LogP contribution in [-0.4, -0.2) is 57.0 Å². The Kier molecular flexibility index (Phi) is 8.70. The molecule has 0 aliphatic carbocycles. The molecule has 0 saturated heterocycles. The standard InChI is InChI=1S/C28H30N4O6S2/c1-4-16-39(34,35)26-24-18-22(21-10-13-29-14-11-21)12-15-32(24)25(27(26)40(36,37)17-5-2)28(33)31-30-19-20-6-8-23(38-3)9-7-20/h6-15,18-19H,4-5,16-17H2,1-3H3,(H,31,33)/b30-19-. The summed E-state index contributed by atoms with van der Waals surface area (Å²) in [6.07, 6.45) is 6.60. The van der Waals surface area contributed by atoms with Crippen molar-refractivity contribution in [1.29, 1.82) is 0 Å². The number of benzene rings is 1. The van der Waals surface area contributed by atoms with E-state index in [-0.39, 0.29) is 40.5 Å². The summed E-state index contributed by atoms with van der Waals surface area (Å²) in [5.74, 6) is -0.814. The lowest BCUT2D eigenvalue weighted by molar-refractivity contribution is 0.0945. The van der Waals surface area contributed by atoms with Gasteiger partial charge in [0.25, 0.3) is 5.91 Å². The van der Waals surface area contributed by atoms with Gasteiger partial charge < -0.3 is 9.14 Å². The molecule has 0 bridgehead atoms. The topological polar surface area (TPSA) is 136 Å². The fourth-order valence-electron chi connectivity index (χ4n) is 4.38. The molecule has 1 aromatic carbocycles. The zero-order chi connectivity index (χ0) is 28.9. The van der Waals surface area contributed by atoms with Gasteiger partial charge in [-0.2, -0.15) is 5.10 Å². The van der Waals surface area contributed by atoms with Crippen LogP contribution in [0.25, 0.3) is 16.6 Å². The van der Waals surface area contributed by atoms with Crippen molar-refractivity contribution in [3.63, 3.8) is 0 Å². The van der Waals surface area contributed by atoms with Crippen LogP contribution < -0.4 is 10.2 Å². The molecule has 1 amide bonds. The number of hydrogen-bond acceptors (Lipinski definition) is 8. The molecule has 3 aromatic heterocycles. The largest absolute Gasteiger partial charge is 0.497 e. The number of amides is 1. The van der Waals surface area contributed by atoms with Gasteiger partial charge in [-0.1, -0.05) is 13.8 Å². The maximum Gasteiger partial charge on any atom is 0.289 e. The summed E-state index contributed by atoms with van der Waals surface area (Å²) in [6, 6.07) is 13.7. The number of carbonyl (C=O) groups is 1. The second kappa shape index (κ2) is 12.0. The first kappa shape index (κ1) is 29.0. The number of rotatable bonds is 11. The van der Waals surface area contributed by atoms with E-state index in [1.54, 1.807) is 81.9 Å². The van der Waals surface area contributed by atoms with Crippen molar-refractivity contribution < 1.29 is 26.4 Å². The van der Waals surface area contributed by atoms with Gasteiger partial charge >= 0.3 is 0 Å². The molecule has 4 rings (SSSR count). The fraction of sp³-hybridized carbons (Fsp3) is 0.250. The first-order valence-electron chi connectivity index (χ1n) is 12.6. The summed E-state index contributed by atoms with van der Waals surface area (Å²) in [5, 5.41) is 3.99. The Labute approximate surface area is 233 Å². The third kappa shape index (κ3) is 5.92. The van der Waals surface area contributed by atoms with E-state index in [1.807, 2.05) is 0 Å². The van der Waals surface area contributed by atoms with Gasteiger partial charge in [0.05, 0.1) is 30.3 Å². The Balaban J connectivity index is 1.93. The molecule has 4 aromatic rings. The normalized spacial score (nSPS) is 12.2. The molecule has 0 spiro atoms. The van der Waals surface area contributed by atoms with Crippen molar-refractivity contribution in [3.8, 4) is 16.9 Å². The number of aromatic nitrogens is 2. The predicted octanol–water partition coefficient (Wildman–Crippen LogP) is 4.14. The van der Waals surface area contributed by atoms with E-state index in [0.717, 1.165) is 5.56 Å². The van der Waals surface area contributed by atoms with Gasteiger partial charge in [0.15, 0.2) is 19.7 Å².